The number of amides is 2. The molecule has 1 aliphatic rings. The number of ether oxygens (including phenoxy) is 1. The third-order valence-corrected chi connectivity index (χ3v) is 7.17. The minimum absolute atomic E-state index is 0.0114. The summed E-state index contributed by atoms with van der Waals surface area (Å²) in [5.41, 5.74) is 1.77. The molecule has 3 N–H and O–H groups in total. The number of rotatable bonds is 13. The molecule has 4 unspecified atom stereocenters. The Morgan fingerprint density at radius 2 is 1.70 bits per heavy atom. The molecule has 0 saturated carbocycles. The van der Waals surface area contributed by atoms with Crippen molar-refractivity contribution >= 4 is 11.8 Å². The predicted octanol–water partition coefficient (Wildman–Crippen LogP) is 4.39. The second kappa shape index (κ2) is 15.2. The molecule has 1 heterocycles. The van der Waals surface area contributed by atoms with Crippen molar-refractivity contribution < 1.29 is 28.2 Å². The number of aliphatic hydroxyl groups is 1. The van der Waals surface area contributed by atoms with Crippen molar-refractivity contribution in [3.8, 4) is 0 Å². The van der Waals surface area contributed by atoms with Gasteiger partial charge in [-0.05, 0) is 94.0 Å². The summed E-state index contributed by atoms with van der Waals surface area (Å²) < 4.78 is 33.7. The van der Waals surface area contributed by atoms with Gasteiger partial charge in [0.15, 0.2) is 0 Å². The zero-order valence-electron chi connectivity index (χ0n) is 24.0. The van der Waals surface area contributed by atoms with Crippen LogP contribution in [0, 0.1) is 18.6 Å². The molecule has 1 aliphatic heterocycles. The second-order valence-electron chi connectivity index (χ2n) is 10.6. The second-order valence-corrected chi connectivity index (χ2v) is 10.6. The molecule has 1 fully saturated rings. The molecule has 1 saturated heterocycles. The maximum absolute atomic E-state index is 14.0. The Kier molecular flexibility index (Phi) is 12.0. The lowest BCUT2D eigenvalue weighted by atomic mass is 9.90. The number of halogens is 2. The normalized spacial score (nSPS) is 18.7. The van der Waals surface area contributed by atoms with E-state index in [9.17, 15) is 23.5 Å². The highest BCUT2D eigenvalue weighted by Crippen LogP contribution is 2.21. The third-order valence-electron chi connectivity index (χ3n) is 7.17. The van der Waals surface area contributed by atoms with Crippen molar-refractivity contribution in [2.45, 2.75) is 84.1 Å². The van der Waals surface area contributed by atoms with Crippen LogP contribution in [0.2, 0.25) is 0 Å². The Balaban J connectivity index is 1.87. The van der Waals surface area contributed by atoms with Gasteiger partial charge in [-0.3, -0.25) is 9.59 Å². The summed E-state index contributed by atoms with van der Waals surface area (Å²) in [6.07, 6.45) is 1.90. The zero-order chi connectivity index (χ0) is 29.2. The molecule has 9 heteroatoms. The lowest BCUT2D eigenvalue weighted by Gasteiger charge is -2.36. The Hall–Kier alpha value is -2.88. The molecule has 2 aromatic rings. The fourth-order valence-electron chi connectivity index (χ4n) is 5.41. The highest BCUT2D eigenvalue weighted by atomic mass is 19.1. The molecule has 0 radical (unpaired) electrons. The standard InChI is InChI=1S/C31H43F2N3O4/c1-5-10-36(11-6-2)31(39)23-13-20(4)12-22(17-23)30(38)35-28(16-21-14-24(32)18-25(33)15-21)29(37)27-19-26(40-7-3)8-9-34-27/h12-15,17-18,26-29,34,37H,5-11,16,19H2,1-4H3,(H,35,38). The molecule has 2 aromatic carbocycles. The summed E-state index contributed by atoms with van der Waals surface area (Å²) in [4.78, 5) is 28.6. The first kappa shape index (κ1) is 31.6. The van der Waals surface area contributed by atoms with E-state index in [2.05, 4.69) is 10.6 Å². The SMILES string of the molecule is CCCN(CCC)C(=O)c1cc(C)cc(C(=O)NC(Cc2cc(F)cc(F)c2)C(O)C2CC(OCC)CCN2)c1. The van der Waals surface area contributed by atoms with E-state index in [1.54, 1.807) is 23.1 Å². The zero-order valence-corrected chi connectivity index (χ0v) is 24.0. The van der Waals surface area contributed by atoms with Gasteiger partial charge < -0.3 is 25.4 Å². The lowest BCUT2D eigenvalue weighted by molar-refractivity contribution is -0.00286. The maximum Gasteiger partial charge on any atom is 0.253 e. The number of benzene rings is 2. The lowest BCUT2D eigenvalue weighted by Crippen LogP contribution is -2.57. The van der Waals surface area contributed by atoms with Crippen LogP contribution in [0.15, 0.2) is 36.4 Å². The molecule has 0 bridgehead atoms. The number of hydrogen-bond acceptors (Lipinski definition) is 5. The Morgan fingerprint density at radius 1 is 1.05 bits per heavy atom. The topological polar surface area (TPSA) is 90.9 Å². The first-order chi connectivity index (χ1) is 19.1. The minimum Gasteiger partial charge on any atom is -0.389 e. The molecule has 0 aromatic heterocycles. The Labute approximate surface area is 236 Å². The molecule has 2 amide bonds. The predicted molar refractivity (Wildman–Crippen MR) is 151 cm³/mol. The van der Waals surface area contributed by atoms with Gasteiger partial charge in [-0.25, -0.2) is 8.78 Å². The van der Waals surface area contributed by atoms with Gasteiger partial charge in [-0.1, -0.05) is 13.8 Å². The Bertz CT molecular complexity index is 1120. The number of aryl methyl sites for hydroxylation is 1. The highest BCUT2D eigenvalue weighted by molar-refractivity contribution is 6.00. The monoisotopic (exact) mass is 559 g/mol. The van der Waals surface area contributed by atoms with Crippen LogP contribution >= 0.6 is 0 Å². The summed E-state index contributed by atoms with van der Waals surface area (Å²) in [5, 5.41) is 17.6. The first-order valence-electron chi connectivity index (χ1n) is 14.3. The fraction of sp³-hybridized carbons (Fsp3) is 0.548. The summed E-state index contributed by atoms with van der Waals surface area (Å²) in [6, 6.07) is 6.96. The number of carbonyl (C=O) groups is 2. The maximum atomic E-state index is 14.0. The summed E-state index contributed by atoms with van der Waals surface area (Å²) >= 11 is 0. The van der Waals surface area contributed by atoms with Crippen LogP contribution in [0.4, 0.5) is 8.78 Å². The highest BCUT2D eigenvalue weighted by Gasteiger charge is 2.34. The van der Waals surface area contributed by atoms with Gasteiger partial charge >= 0.3 is 0 Å². The third kappa shape index (κ3) is 8.81. The molecule has 4 atom stereocenters. The number of aliphatic hydroxyl groups excluding tert-OH is 1. The van der Waals surface area contributed by atoms with E-state index < -0.39 is 29.7 Å². The molecule has 0 aliphatic carbocycles. The van der Waals surface area contributed by atoms with Gasteiger partial charge in [0, 0.05) is 42.9 Å². The van der Waals surface area contributed by atoms with Gasteiger partial charge in [0.2, 0.25) is 0 Å². The fourth-order valence-corrected chi connectivity index (χ4v) is 5.41. The molecule has 7 nitrogen and oxygen atoms in total. The van der Waals surface area contributed by atoms with Crippen molar-refractivity contribution in [2.24, 2.45) is 0 Å². The average Bonchev–Trinajstić information content (AvgIpc) is 2.91. The first-order valence-corrected chi connectivity index (χ1v) is 14.3. The van der Waals surface area contributed by atoms with Crippen LogP contribution in [0.1, 0.15) is 78.3 Å². The van der Waals surface area contributed by atoms with Crippen molar-refractivity contribution in [3.63, 3.8) is 0 Å². The van der Waals surface area contributed by atoms with Crippen LogP contribution in [0.3, 0.4) is 0 Å². The number of nitrogens with zero attached hydrogens (tertiary/aromatic N) is 1. The van der Waals surface area contributed by atoms with E-state index in [-0.39, 0.29) is 30.0 Å². The van der Waals surface area contributed by atoms with Crippen LogP contribution in [0.5, 0.6) is 0 Å². The van der Waals surface area contributed by atoms with E-state index in [0.717, 1.165) is 30.9 Å². The number of carbonyl (C=O) groups excluding carboxylic acids is 2. The number of nitrogens with one attached hydrogen (secondary N) is 2. The van der Waals surface area contributed by atoms with Crippen LogP contribution in [-0.2, 0) is 11.2 Å². The smallest absolute Gasteiger partial charge is 0.253 e. The van der Waals surface area contributed by atoms with E-state index in [4.69, 9.17) is 4.74 Å². The summed E-state index contributed by atoms with van der Waals surface area (Å²) in [5.74, 6) is -2.07. The van der Waals surface area contributed by atoms with Gasteiger partial charge in [0.1, 0.15) is 11.6 Å². The molecule has 40 heavy (non-hydrogen) atoms. The number of piperidine rings is 1. The van der Waals surface area contributed by atoms with Crippen molar-refractivity contribution in [2.75, 3.05) is 26.2 Å². The summed E-state index contributed by atoms with van der Waals surface area (Å²) in [7, 11) is 0. The minimum atomic E-state index is -1.06. The number of hydrogen-bond donors (Lipinski definition) is 3. The Morgan fingerprint density at radius 3 is 2.33 bits per heavy atom. The van der Waals surface area contributed by atoms with Crippen molar-refractivity contribution in [3.05, 3.63) is 70.3 Å². The van der Waals surface area contributed by atoms with Crippen LogP contribution in [0.25, 0.3) is 0 Å². The van der Waals surface area contributed by atoms with Crippen LogP contribution in [-0.4, -0.2) is 72.4 Å². The van der Waals surface area contributed by atoms with E-state index in [0.29, 0.717) is 43.8 Å². The van der Waals surface area contributed by atoms with E-state index in [1.807, 2.05) is 27.7 Å². The van der Waals surface area contributed by atoms with Crippen molar-refractivity contribution in [1.82, 2.24) is 15.5 Å². The van der Waals surface area contributed by atoms with Gasteiger partial charge in [-0.2, -0.15) is 0 Å². The van der Waals surface area contributed by atoms with Crippen LogP contribution < -0.4 is 10.6 Å². The summed E-state index contributed by atoms with van der Waals surface area (Å²) in [6.45, 7) is 10.2. The average molecular weight is 560 g/mol. The molecule has 0 spiro atoms. The molecular weight excluding hydrogens is 516 g/mol. The van der Waals surface area contributed by atoms with Gasteiger partial charge in [0.25, 0.3) is 11.8 Å². The van der Waals surface area contributed by atoms with E-state index in [1.165, 1.54) is 12.1 Å². The van der Waals surface area contributed by atoms with Crippen molar-refractivity contribution in [1.29, 1.82) is 0 Å². The van der Waals surface area contributed by atoms with E-state index >= 15 is 0 Å². The van der Waals surface area contributed by atoms with Gasteiger partial charge in [-0.15, -0.1) is 0 Å². The molecule has 3 rings (SSSR count). The largest absolute Gasteiger partial charge is 0.389 e. The quantitative estimate of drug-likeness (QED) is 0.339. The molecular formula is C31H43F2N3O4. The molecule has 220 valence electrons. The van der Waals surface area contributed by atoms with Gasteiger partial charge in [0.05, 0.1) is 18.2 Å².